The number of nitrogens with zero attached hydrogens (tertiary/aromatic N) is 2. The second kappa shape index (κ2) is 12.0. The molecule has 3 rings (SSSR count). The topological polar surface area (TPSA) is 105 Å². The Morgan fingerprint density at radius 3 is 2.37 bits per heavy atom. The number of hydrogen-bond acceptors (Lipinski definition) is 6. The van der Waals surface area contributed by atoms with E-state index in [1.54, 1.807) is 43.3 Å². The Balaban J connectivity index is 1.76. The van der Waals surface area contributed by atoms with Gasteiger partial charge in [0.1, 0.15) is 6.04 Å². The predicted molar refractivity (Wildman–Crippen MR) is 148 cm³/mol. The summed E-state index contributed by atoms with van der Waals surface area (Å²) in [6, 6.07) is 9.13. The first-order valence-electron chi connectivity index (χ1n) is 12.1. The van der Waals surface area contributed by atoms with E-state index in [1.807, 2.05) is 20.8 Å². The van der Waals surface area contributed by atoms with Gasteiger partial charge in [0, 0.05) is 31.1 Å². The van der Waals surface area contributed by atoms with Gasteiger partial charge < -0.3 is 19.7 Å². The van der Waals surface area contributed by atoms with E-state index >= 15 is 0 Å². The Bertz CT molecular complexity index is 1300. The van der Waals surface area contributed by atoms with E-state index in [0.717, 1.165) is 6.26 Å². The standard InChI is InChI=1S/C26H33Cl2N3O6S/c1-17(25(33)29-26(2,3)4)30(15-18-8-10-20(27)21(28)13-18)24(32)7-6-12-31(38(5,34)35)19-9-11-22-23(14-19)37-16-36-22/h8-11,13-14,17H,6-7,12,15-16H2,1-5H3,(H,29,33)/t17-/m0/s1. The Kier molecular flexibility index (Phi) is 9.43. The molecule has 1 aliphatic rings. The van der Waals surface area contributed by atoms with Gasteiger partial charge in [-0.3, -0.25) is 13.9 Å². The number of benzene rings is 2. The molecule has 2 amide bonds. The van der Waals surface area contributed by atoms with Crippen LogP contribution in [0.5, 0.6) is 11.5 Å². The van der Waals surface area contributed by atoms with Crippen molar-refractivity contribution in [2.24, 2.45) is 0 Å². The van der Waals surface area contributed by atoms with Crippen LogP contribution in [-0.4, -0.2) is 56.3 Å². The molecular weight excluding hydrogens is 553 g/mol. The lowest BCUT2D eigenvalue weighted by Crippen LogP contribution is -2.52. The number of fused-ring (bicyclic) bond motifs is 1. The largest absolute Gasteiger partial charge is 0.454 e. The van der Waals surface area contributed by atoms with Crippen molar-refractivity contribution in [1.82, 2.24) is 10.2 Å². The van der Waals surface area contributed by atoms with E-state index in [9.17, 15) is 18.0 Å². The third-order valence-electron chi connectivity index (χ3n) is 5.80. The number of hydrogen-bond donors (Lipinski definition) is 1. The van der Waals surface area contributed by atoms with Crippen molar-refractivity contribution in [3.05, 3.63) is 52.0 Å². The number of ether oxygens (including phenoxy) is 2. The van der Waals surface area contributed by atoms with Crippen LogP contribution in [0.3, 0.4) is 0 Å². The Labute approximate surface area is 234 Å². The Morgan fingerprint density at radius 2 is 1.74 bits per heavy atom. The van der Waals surface area contributed by atoms with Gasteiger partial charge >= 0.3 is 0 Å². The smallest absolute Gasteiger partial charge is 0.242 e. The van der Waals surface area contributed by atoms with Crippen LogP contribution in [0.1, 0.15) is 46.1 Å². The molecule has 2 aromatic carbocycles. The zero-order valence-corrected chi connectivity index (χ0v) is 24.4. The number of carbonyl (C=O) groups excluding carboxylic acids is 2. The van der Waals surface area contributed by atoms with Gasteiger partial charge in [-0.25, -0.2) is 8.42 Å². The predicted octanol–water partition coefficient (Wildman–Crippen LogP) is 4.60. The minimum absolute atomic E-state index is 0.0189. The molecular formula is C26H33Cl2N3O6S. The average Bonchev–Trinajstić information content (AvgIpc) is 3.28. The zero-order valence-electron chi connectivity index (χ0n) is 22.1. The highest BCUT2D eigenvalue weighted by Crippen LogP contribution is 2.36. The van der Waals surface area contributed by atoms with Gasteiger partial charge in [-0.15, -0.1) is 0 Å². The lowest BCUT2D eigenvalue weighted by Gasteiger charge is -2.32. The molecule has 1 aliphatic heterocycles. The summed E-state index contributed by atoms with van der Waals surface area (Å²) in [6.45, 7) is 7.50. The number of carbonyl (C=O) groups is 2. The van der Waals surface area contributed by atoms with Gasteiger partial charge in [-0.2, -0.15) is 0 Å². The van der Waals surface area contributed by atoms with Crippen molar-refractivity contribution in [3.8, 4) is 11.5 Å². The molecule has 9 nitrogen and oxygen atoms in total. The van der Waals surface area contributed by atoms with Crippen LogP contribution < -0.4 is 19.1 Å². The van der Waals surface area contributed by atoms with E-state index < -0.39 is 21.6 Å². The molecule has 2 aromatic rings. The van der Waals surface area contributed by atoms with E-state index in [-0.39, 0.29) is 44.5 Å². The SMILES string of the molecule is C[C@@H](C(=O)NC(C)(C)C)N(Cc1ccc(Cl)c(Cl)c1)C(=O)CCCN(c1ccc2c(c1)OCO2)S(C)(=O)=O. The fourth-order valence-corrected chi connectivity index (χ4v) is 5.21. The highest BCUT2D eigenvalue weighted by molar-refractivity contribution is 7.92. The van der Waals surface area contributed by atoms with Crippen molar-refractivity contribution < 1.29 is 27.5 Å². The van der Waals surface area contributed by atoms with Crippen LogP contribution in [0.25, 0.3) is 0 Å². The maximum atomic E-state index is 13.4. The molecule has 0 spiro atoms. The molecule has 1 atom stereocenters. The monoisotopic (exact) mass is 585 g/mol. The van der Waals surface area contributed by atoms with Gasteiger partial charge in [-0.1, -0.05) is 29.3 Å². The molecule has 0 aromatic heterocycles. The highest BCUT2D eigenvalue weighted by atomic mass is 35.5. The number of sulfonamides is 1. The molecule has 0 saturated heterocycles. The average molecular weight is 587 g/mol. The molecule has 12 heteroatoms. The summed E-state index contributed by atoms with van der Waals surface area (Å²) in [5.74, 6) is 0.396. The van der Waals surface area contributed by atoms with Crippen molar-refractivity contribution >= 4 is 50.7 Å². The molecule has 0 fully saturated rings. The van der Waals surface area contributed by atoms with Gasteiger partial charge in [0.15, 0.2) is 11.5 Å². The number of halogens is 2. The van der Waals surface area contributed by atoms with Crippen LogP contribution in [-0.2, 0) is 26.2 Å². The molecule has 1 N–H and O–H groups in total. The summed E-state index contributed by atoms with van der Waals surface area (Å²) >= 11 is 12.2. The van der Waals surface area contributed by atoms with Crippen LogP contribution >= 0.6 is 23.2 Å². The molecule has 208 valence electrons. The quantitative estimate of drug-likeness (QED) is 0.437. The summed E-state index contributed by atoms with van der Waals surface area (Å²) in [4.78, 5) is 27.8. The Hall–Kier alpha value is -2.69. The molecule has 1 heterocycles. The molecule has 0 aliphatic carbocycles. The van der Waals surface area contributed by atoms with Crippen molar-refractivity contribution in [3.63, 3.8) is 0 Å². The molecule has 0 saturated carbocycles. The molecule has 0 radical (unpaired) electrons. The third-order valence-corrected chi connectivity index (χ3v) is 7.73. The van der Waals surface area contributed by atoms with E-state index in [2.05, 4.69) is 5.32 Å². The normalized spacial score (nSPS) is 13.7. The number of anilines is 1. The van der Waals surface area contributed by atoms with Crippen LogP contribution in [0.4, 0.5) is 5.69 Å². The number of amides is 2. The minimum atomic E-state index is -3.64. The summed E-state index contributed by atoms with van der Waals surface area (Å²) in [6.07, 6.45) is 1.35. The second-order valence-electron chi connectivity index (χ2n) is 10.2. The second-order valence-corrected chi connectivity index (χ2v) is 12.9. The van der Waals surface area contributed by atoms with E-state index in [1.165, 1.54) is 9.21 Å². The van der Waals surface area contributed by atoms with Crippen molar-refractivity contribution in [2.75, 3.05) is 23.9 Å². The van der Waals surface area contributed by atoms with Crippen LogP contribution in [0.15, 0.2) is 36.4 Å². The van der Waals surface area contributed by atoms with Gasteiger partial charge in [0.2, 0.25) is 28.6 Å². The van der Waals surface area contributed by atoms with Crippen molar-refractivity contribution in [1.29, 1.82) is 0 Å². The van der Waals surface area contributed by atoms with Crippen LogP contribution in [0, 0.1) is 0 Å². The first-order valence-corrected chi connectivity index (χ1v) is 14.7. The summed E-state index contributed by atoms with van der Waals surface area (Å²) in [7, 11) is -3.64. The molecule has 38 heavy (non-hydrogen) atoms. The number of rotatable bonds is 10. The molecule has 0 bridgehead atoms. The summed E-state index contributed by atoms with van der Waals surface area (Å²) < 4.78 is 37.0. The minimum Gasteiger partial charge on any atom is -0.454 e. The summed E-state index contributed by atoms with van der Waals surface area (Å²) in [5.41, 5.74) is 0.639. The third kappa shape index (κ3) is 7.91. The first-order chi connectivity index (χ1) is 17.7. The summed E-state index contributed by atoms with van der Waals surface area (Å²) in [5, 5.41) is 3.64. The zero-order chi connectivity index (χ0) is 28.3. The van der Waals surface area contributed by atoms with Gasteiger partial charge in [-0.05, 0) is 63.9 Å². The van der Waals surface area contributed by atoms with Gasteiger partial charge in [0.25, 0.3) is 0 Å². The van der Waals surface area contributed by atoms with Crippen LogP contribution in [0.2, 0.25) is 10.0 Å². The van der Waals surface area contributed by atoms with Crippen molar-refractivity contribution in [2.45, 2.75) is 58.7 Å². The maximum Gasteiger partial charge on any atom is 0.242 e. The van der Waals surface area contributed by atoms with E-state index in [4.69, 9.17) is 32.7 Å². The first kappa shape index (κ1) is 29.9. The van der Waals surface area contributed by atoms with E-state index in [0.29, 0.717) is 32.8 Å². The highest BCUT2D eigenvalue weighted by Gasteiger charge is 2.29. The van der Waals surface area contributed by atoms with Gasteiger partial charge in [0.05, 0.1) is 22.0 Å². The lowest BCUT2D eigenvalue weighted by molar-refractivity contribution is -0.141. The Morgan fingerprint density at radius 1 is 1.05 bits per heavy atom. The molecule has 0 unspecified atom stereocenters. The fourth-order valence-electron chi connectivity index (χ4n) is 3.94. The maximum absolute atomic E-state index is 13.4. The number of nitrogens with one attached hydrogen (secondary N) is 1. The lowest BCUT2D eigenvalue weighted by atomic mass is 10.1. The fraction of sp³-hybridized carbons (Fsp3) is 0.462.